The summed E-state index contributed by atoms with van der Waals surface area (Å²) in [5.74, 6) is 0.143. The number of amides is 1. The topological polar surface area (TPSA) is 20.3 Å². The van der Waals surface area contributed by atoms with Crippen molar-refractivity contribution in [3.05, 3.63) is 68.7 Å². The van der Waals surface area contributed by atoms with Crippen LogP contribution in [-0.2, 0) is 0 Å². The summed E-state index contributed by atoms with van der Waals surface area (Å²) < 4.78 is 0. The smallest absolute Gasteiger partial charge is 0.253 e. The molecule has 0 aliphatic heterocycles. The Hall–Kier alpha value is -1.22. The van der Waals surface area contributed by atoms with Crippen molar-refractivity contribution in [2.45, 2.75) is 19.3 Å². The third-order valence-corrected chi connectivity index (χ3v) is 4.79. The van der Waals surface area contributed by atoms with Crippen molar-refractivity contribution >= 4 is 40.7 Å². The number of hydrogen-bond acceptors (Lipinski definition) is 1. The van der Waals surface area contributed by atoms with Gasteiger partial charge in [0.1, 0.15) is 0 Å². The van der Waals surface area contributed by atoms with Gasteiger partial charge in [-0.25, -0.2) is 0 Å². The maximum Gasteiger partial charge on any atom is 0.253 e. The fourth-order valence-electron chi connectivity index (χ4n) is 2.49. The molecular weight excluding hydrogens is 353 g/mol. The molecule has 0 saturated carbocycles. The molecule has 0 spiro atoms. The maximum absolute atomic E-state index is 12.5. The highest BCUT2D eigenvalue weighted by molar-refractivity contribution is 6.42. The van der Waals surface area contributed by atoms with Crippen LogP contribution in [0.3, 0.4) is 0 Å². The Balaban J connectivity index is 2.14. The summed E-state index contributed by atoms with van der Waals surface area (Å²) in [7, 11) is 1.80. The van der Waals surface area contributed by atoms with Crippen molar-refractivity contribution in [1.29, 1.82) is 0 Å². The summed E-state index contributed by atoms with van der Waals surface area (Å²) in [4.78, 5) is 14.2. The summed E-state index contributed by atoms with van der Waals surface area (Å²) in [6.07, 6.45) is 0.894. The molecule has 0 aromatic heterocycles. The number of carbonyl (C=O) groups is 1. The van der Waals surface area contributed by atoms with Crippen molar-refractivity contribution in [3.8, 4) is 0 Å². The lowest BCUT2D eigenvalue weighted by Crippen LogP contribution is -2.31. The number of rotatable bonds is 5. The summed E-state index contributed by atoms with van der Waals surface area (Å²) in [5.41, 5.74) is 1.66. The zero-order chi connectivity index (χ0) is 17.0. The molecule has 23 heavy (non-hydrogen) atoms. The van der Waals surface area contributed by atoms with Gasteiger partial charge in [0, 0.05) is 30.1 Å². The molecule has 0 radical (unpaired) electrons. The Morgan fingerprint density at radius 1 is 1.09 bits per heavy atom. The third-order valence-electron chi connectivity index (χ3n) is 3.82. The largest absolute Gasteiger partial charge is 0.341 e. The molecule has 0 fully saturated rings. The summed E-state index contributed by atoms with van der Waals surface area (Å²) in [6, 6.07) is 12.6. The van der Waals surface area contributed by atoms with Gasteiger partial charge in [0.2, 0.25) is 0 Å². The molecule has 0 bridgehead atoms. The van der Waals surface area contributed by atoms with E-state index in [4.69, 9.17) is 34.8 Å². The first-order valence-corrected chi connectivity index (χ1v) is 8.51. The van der Waals surface area contributed by atoms with Crippen LogP contribution in [0.15, 0.2) is 42.5 Å². The maximum atomic E-state index is 12.5. The van der Waals surface area contributed by atoms with Gasteiger partial charge in [0.25, 0.3) is 5.91 Å². The van der Waals surface area contributed by atoms with Crippen molar-refractivity contribution < 1.29 is 4.79 Å². The fourth-order valence-corrected chi connectivity index (χ4v) is 2.99. The molecule has 2 aromatic rings. The highest BCUT2D eigenvalue weighted by Crippen LogP contribution is 2.28. The second kappa shape index (κ2) is 8.05. The highest BCUT2D eigenvalue weighted by atomic mass is 35.5. The minimum Gasteiger partial charge on any atom is -0.341 e. The molecule has 0 aliphatic carbocycles. The van der Waals surface area contributed by atoms with E-state index in [1.54, 1.807) is 42.3 Å². The number of likely N-dealkylation sites (N-methyl/N-ethyl adjacent to an activating group) is 1. The number of nitrogens with zero attached hydrogens (tertiary/aromatic N) is 1. The number of benzene rings is 2. The minimum atomic E-state index is -0.0500. The Labute approximate surface area is 152 Å². The van der Waals surface area contributed by atoms with Crippen LogP contribution in [0.5, 0.6) is 0 Å². The molecule has 1 atom stereocenters. The van der Waals surface area contributed by atoms with Crippen molar-refractivity contribution in [3.63, 3.8) is 0 Å². The SMILES string of the molecule is CCC(CN(C)C(=O)c1cccc(Cl)c1)c1ccc(Cl)c(Cl)c1. The molecule has 2 nitrogen and oxygen atoms in total. The van der Waals surface area contributed by atoms with E-state index >= 15 is 0 Å². The average Bonchev–Trinajstić information content (AvgIpc) is 2.54. The number of carbonyl (C=O) groups excluding carboxylic acids is 1. The van der Waals surface area contributed by atoms with E-state index in [1.165, 1.54) is 0 Å². The van der Waals surface area contributed by atoms with Crippen LogP contribution in [-0.4, -0.2) is 24.4 Å². The third kappa shape index (κ3) is 4.63. The van der Waals surface area contributed by atoms with Gasteiger partial charge < -0.3 is 4.90 Å². The monoisotopic (exact) mass is 369 g/mol. The van der Waals surface area contributed by atoms with Crippen molar-refractivity contribution in [2.24, 2.45) is 0 Å². The van der Waals surface area contributed by atoms with Crippen molar-refractivity contribution in [2.75, 3.05) is 13.6 Å². The fraction of sp³-hybridized carbons (Fsp3) is 0.278. The van der Waals surface area contributed by atoms with Crippen LogP contribution in [0.4, 0.5) is 0 Å². The average molecular weight is 371 g/mol. The molecule has 2 aromatic carbocycles. The van der Waals surface area contributed by atoms with E-state index in [0.29, 0.717) is 27.2 Å². The van der Waals surface area contributed by atoms with E-state index in [2.05, 4.69) is 6.92 Å². The first-order chi connectivity index (χ1) is 10.9. The van der Waals surface area contributed by atoms with E-state index in [-0.39, 0.29) is 11.8 Å². The molecule has 1 unspecified atom stereocenters. The Morgan fingerprint density at radius 2 is 1.83 bits per heavy atom. The number of halogens is 3. The van der Waals surface area contributed by atoms with E-state index in [1.807, 2.05) is 12.1 Å². The first kappa shape index (κ1) is 18.1. The van der Waals surface area contributed by atoms with Gasteiger partial charge in [-0.3, -0.25) is 4.79 Å². The van der Waals surface area contributed by atoms with Crippen LogP contribution in [0.2, 0.25) is 15.1 Å². The normalized spacial score (nSPS) is 12.0. The van der Waals surface area contributed by atoms with Crippen molar-refractivity contribution in [1.82, 2.24) is 4.90 Å². The quantitative estimate of drug-likeness (QED) is 0.640. The zero-order valence-corrected chi connectivity index (χ0v) is 15.3. The second-order valence-electron chi connectivity index (χ2n) is 5.47. The van der Waals surface area contributed by atoms with Crippen LogP contribution in [0.1, 0.15) is 35.2 Å². The molecule has 0 aliphatic rings. The standard InChI is InChI=1S/C18H18Cl3NO/c1-3-12(13-7-8-16(20)17(21)10-13)11-22(2)18(23)14-5-4-6-15(19)9-14/h4-10,12H,3,11H2,1-2H3. The van der Waals surface area contributed by atoms with Gasteiger partial charge in [-0.05, 0) is 42.3 Å². The van der Waals surface area contributed by atoms with Gasteiger partial charge in [-0.1, -0.05) is 53.9 Å². The molecule has 1 amide bonds. The van der Waals surface area contributed by atoms with E-state index in [9.17, 15) is 4.79 Å². The second-order valence-corrected chi connectivity index (χ2v) is 6.73. The molecule has 0 heterocycles. The molecule has 0 saturated heterocycles. The van der Waals surface area contributed by atoms with Crippen LogP contribution < -0.4 is 0 Å². The van der Waals surface area contributed by atoms with Gasteiger partial charge in [0.15, 0.2) is 0 Å². The van der Waals surface area contributed by atoms with Gasteiger partial charge in [-0.15, -0.1) is 0 Å². The molecule has 122 valence electrons. The predicted molar refractivity (Wildman–Crippen MR) is 97.9 cm³/mol. The molecular formula is C18H18Cl3NO. The molecule has 5 heteroatoms. The Kier molecular flexibility index (Phi) is 6.34. The molecule has 0 N–H and O–H groups in total. The Morgan fingerprint density at radius 3 is 2.43 bits per heavy atom. The zero-order valence-electron chi connectivity index (χ0n) is 13.0. The Bertz CT molecular complexity index is 702. The molecule has 2 rings (SSSR count). The first-order valence-electron chi connectivity index (χ1n) is 7.38. The number of hydrogen-bond donors (Lipinski definition) is 0. The summed E-state index contributed by atoms with van der Waals surface area (Å²) in [6.45, 7) is 2.69. The summed E-state index contributed by atoms with van der Waals surface area (Å²) in [5, 5.41) is 1.63. The predicted octanol–water partition coefficient (Wildman–Crippen LogP) is 5.91. The van der Waals surface area contributed by atoms with Gasteiger partial charge in [0.05, 0.1) is 10.0 Å². The highest BCUT2D eigenvalue weighted by Gasteiger charge is 2.18. The van der Waals surface area contributed by atoms with Gasteiger partial charge >= 0.3 is 0 Å². The lowest BCUT2D eigenvalue weighted by Gasteiger charge is -2.24. The van der Waals surface area contributed by atoms with Crippen LogP contribution in [0.25, 0.3) is 0 Å². The minimum absolute atomic E-state index is 0.0500. The lowest BCUT2D eigenvalue weighted by molar-refractivity contribution is 0.0785. The van der Waals surface area contributed by atoms with Crippen LogP contribution >= 0.6 is 34.8 Å². The van der Waals surface area contributed by atoms with E-state index < -0.39 is 0 Å². The lowest BCUT2D eigenvalue weighted by atomic mass is 9.96. The summed E-state index contributed by atoms with van der Waals surface area (Å²) >= 11 is 18.0. The van der Waals surface area contributed by atoms with Crippen LogP contribution in [0, 0.1) is 0 Å². The van der Waals surface area contributed by atoms with Gasteiger partial charge in [-0.2, -0.15) is 0 Å². The van der Waals surface area contributed by atoms with E-state index in [0.717, 1.165) is 12.0 Å².